The van der Waals surface area contributed by atoms with E-state index >= 15 is 0 Å². The van der Waals surface area contributed by atoms with Gasteiger partial charge in [-0.05, 0) is 69.2 Å². The average Bonchev–Trinajstić information content (AvgIpc) is 3.57. The minimum Gasteiger partial charge on any atom is -0.489 e. The molecule has 2 aliphatic rings. The van der Waals surface area contributed by atoms with Gasteiger partial charge in [-0.15, -0.1) is 0 Å². The van der Waals surface area contributed by atoms with Crippen LogP contribution in [-0.2, 0) is 4.74 Å². The zero-order valence-corrected chi connectivity index (χ0v) is 21.1. The Hall–Kier alpha value is -3.52. The molecule has 1 aliphatic carbocycles. The summed E-state index contributed by atoms with van der Waals surface area (Å²) in [7, 11) is 0. The van der Waals surface area contributed by atoms with Crippen LogP contribution in [0.15, 0.2) is 42.7 Å². The van der Waals surface area contributed by atoms with E-state index in [1.54, 1.807) is 0 Å². The molecule has 1 unspecified atom stereocenters. The third-order valence-electron chi connectivity index (χ3n) is 7.38. The zero-order chi connectivity index (χ0) is 24.7. The van der Waals surface area contributed by atoms with E-state index in [1.807, 2.05) is 49.8 Å². The quantitative estimate of drug-likeness (QED) is 0.382. The van der Waals surface area contributed by atoms with Crippen molar-refractivity contribution in [3.05, 3.63) is 59.9 Å². The molecule has 8 heteroatoms. The molecule has 0 radical (unpaired) electrons. The summed E-state index contributed by atoms with van der Waals surface area (Å²) in [5.74, 6) is 2.97. The lowest BCUT2D eigenvalue weighted by Crippen LogP contribution is -2.19. The number of nitrogens with one attached hydrogen (secondary N) is 1. The van der Waals surface area contributed by atoms with Gasteiger partial charge in [0.05, 0.1) is 24.4 Å². The Morgan fingerprint density at radius 2 is 1.92 bits per heavy atom. The molecule has 36 heavy (non-hydrogen) atoms. The summed E-state index contributed by atoms with van der Waals surface area (Å²) in [5.41, 5.74) is 5.31. The molecule has 1 atom stereocenters. The van der Waals surface area contributed by atoms with Crippen LogP contribution in [0.1, 0.15) is 49.3 Å². The van der Waals surface area contributed by atoms with E-state index in [9.17, 15) is 0 Å². The minimum absolute atomic E-state index is 0.150. The van der Waals surface area contributed by atoms with Crippen LogP contribution in [-0.4, -0.2) is 43.9 Å². The highest BCUT2D eigenvalue weighted by Gasteiger charge is 2.42. The first-order valence-corrected chi connectivity index (χ1v) is 12.7. The number of ether oxygens (including phenoxy) is 2. The van der Waals surface area contributed by atoms with E-state index in [-0.39, 0.29) is 6.10 Å². The molecule has 1 saturated carbocycles. The highest BCUT2D eigenvalue weighted by atomic mass is 16.5. The third-order valence-corrected chi connectivity index (χ3v) is 7.38. The summed E-state index contributed by atoms with van der Waals surface area (Å²) in [4.78, 5) is 13.3. The molecule has 8 nitrogen and oxygen atoms in total. The van der Waals surface area contributed by atoms with Gasteiger partial charge in [-0.2, -0.15) is 5.10 Å². The number of aromatic nitrogens is 5. The topological polar surface area (TPSA) is 86.5 Å². The maximum absolute atomic E-state index is 6.32. The van der Waals surface area contributed by atoms with Crippen LogP contribution in [0.25, 0.3) is 16.6 Å². The molecule has 6 rings (SSSR count). The van der Waals surface area contributed by atoms with Crippen LogP contribution < -0.4 is 10.1 Å². The fraction of sp³-hybridized carbons (Fsp3) is 0.429. The molecular formula is C28H32N6O2. The first kappa shape index (κ1) is 22.9. The van der Waals surface area contributed by atoms with E-state index in [0.29, 0.717) is 12.0 Å². The molecule has 4 aromatic heterocycles. The SMILES string of the molecule is Cc1cc(-c2ccn3nc(Nc4cc(C)nc(C)n4)cc3c2)c(OCC2CC3(CCCC3)CO2)cn1. The Morgan fingerprint density at radius 1 is 1.06 bits per heavy atom. The van der Waals surface area contributed by atoms with Crippen molar-refractivity contribution in [2.75, 3.05) is 18.5 Å². The van der Waals surface area contributed by atoms with Gasteiger partial charge >= 0.3 is 0 Å². The van der Waals surface area contributed by atoms with Crippen LogP contribution in [0, 0.1) is 26.2 Å². The molecule has 4 aromatic rings. The van der Waals surface area contributed by atoms with Gasteiger partial charge in [0.25, 0.3) is 0 Å². The monoisotopic (exact) mass is 484 g/mol. The minimum atomic E-state index is 0.150. The van der Waals surface area contributed by atoms with Crippen molar-refractivity contribution in [2.24, 2.45) is 5.41 Å². The normalized spacial score (nSPS) is 18.8. The Bertz CT molecular complexity index is 1390. The largest absolute Gasteiger partial charge is 0.489 e. The van der Waals surface area contributed by atoms with Crippen LogP contribution in [0.5, 0.6) is 5.75 Å². The maximum Gasteiger partial charge on any atom is 0.154 e. The average molecular weight is 485 g/mol. The molecule has 1 spiro atoms. The summed E-state index contributed by atoms with van der Waals surface area (Å²) in [6.45, 7) is 7.28. The van der Waals surface area contributed by atoms with Crippen molar-refractivity contribution in [1.29, 1.82) is 0 Å². The van der Waals surface area contributed by atoms with E-state index < -0.39 is 0 Å². The molecule has 1 saturated heterocycles. The Balaban J connectivity index is 1.22. The van der Waals surface area contributed by atoms with Crippen molar-refractivity contribution in [3.8, 4) is 16.9 Å². The molecule has 1 N–H and O–H groups in total. The second kappa shape index (κ2) is 9.17. The maximum atomic E-state index is 6.32. The first-order valence-electron chi connectivity index (χ1n) is 12.7. The van der Waals surface area contributed by atoms with Crippen LogP contribution in [0.4, 0.5) is 11.6 Å². The number of nitrogens with zero attached hydrogens (tertiary/aromatic N) is 5. The van der Waals surface area contributed by atoms with Crippen LogP contribution in [0.2, 0.25) is 0 Å². The molecule has 186 valence electrons. The summed E-state index contributed by atoms with van der Waals surface area (Å²) >= 11 is 0. The highest BCUT2D eigenvalue weighted by molar-refractivity contribution is 5.75. The van der Waals surface area contributed by atoms with Gasteiger partial charge in [0.15, 0.2) is 5.82 Å². The van der Waals surface area contributed by atoms with E-state index in [0.717, 1.165) is 64.3 Å². The number of pyridine rings is 2. The lowest BCUT2D eigenvalue weighted by molar-refractivity contribution is 0.0608. The van der Waals surface area contributed by atoms with Gasteiger partial charge in [0.1, 0.15) is 24.0 Å². The summed E-state index contributed by atoms with van der Waals surface area (Å²) < 4.78 is 14.3. The van der Waals surface area contributed by atoms with Crippen LogP contribution in [0.3, 0.4) is 0 Å². The lowest BCUT2D eigenvalue weighted by atomic mass is 9.84. The van der Waals surface area contributed by atoms with Gasteiger partial charge in [-0.3, -0.25) is 4.98 Å². The molecular weight excluding hydrogens is 452 g/mol. The van der Waals surface area contributed by atoms with Crippen molar-refractivity contribution < 1.29 is 9.47 Å². The zero-order valence-electron chi connectivity index (χ0n) is 21.1. The number of anilines is 2. The number of rotatable bonds is 6. The summed E-state index contributed by atoms with van der Waals surface area (Å²) in [6.07, 6.45) is 10.3. The predicted molar refractivity (Wildman–Crippen MR) is 139 cm³/mol. The number of hydrogen-bond acceptors (Lipinski definition) is 7. The van der Waals surface area contributed by atoms with Crippen LogP contribution >= 0.6 is 0 Å². The molecule has 0 aromatic carbocycles. The van der Waals surface area contributed by atoms with Crippen molar-refractivity contribution in [3.63, 3.8) is 0 Å². The standard InChI is InChI=1S/C28H32N6O2/c1-18-10-24(25(15-29-18)35-16-23-14-28(17-36-23)7-4-5-8-28)21-6-9-34-22(12-21)13-27(33-34)32-26-11-19(2)30-20(3)31-26/h6,9-13,15,23H,4-5,7-8,14,16-17H2,1-3H3,(H,30,31,32,33). The number of aryl methyl sites for hydroxylation is 3. The third kappa shape index (κ3) is 4.65. The second-order valence-electron chi connectivity index (χ2n) is 10.4. The van der Waals surface area contributed by atoms with E-state index in [4.69, 9.17) is 9.47 Å². The number of fused-ring (bicyclic) bond motifs is 1. The first-order chi connectivity index (χ1) is 17.4. The predicted octanol–water partition coefficient (Wildman–Crippen LogP) is 5.58. The van der Waals surface area contributed by atoms with E-state index in [2.05, 4.69) is 43.6 Å². The Labute approximate surface area is 211 Å². The van der Waals surface area contributed by atoms with Gasteiger partial charge < -0.3 is 14.8 Å². The van der Waals surface area contributed by atoms with E-state index in [1.165, 1.54) is 25.7 Å². The molecule has 5 heterocycles. The number of hydrogen-bond donors (Lipinski definition) is 1. The summed E-state index contributed by atoms with van der Waals surface area (Å²) in [6, 6.07) is 10.2. The summed E-state index contributed by atoms with van der Waals surface area (Å²) in [5, 5.41) is 7.95. The van der Waals surface area contributed by atoms with Gasteiger partial charge in [-0.1, -0.05) is 12.8 Å². The Morgan fingerprint density at radius 3 is 2.75 bits per heavy atom. The molecule has 0 bridgehead atoms. The van der Waals surface area contributed by atoms with Gasteiger partial charge in [0.2, 0.25) is 0 Å². The smallest absolute Gasteiger partial charge is 0.154 e. The lowest BCUT2D eigenvalue weighted by Gasteiger charge is -2.20. The second-order valence-corrected chi connectivity index (χ2v) is 10.4. The van der Waals surface area contributed by atoms with Gasteiger partial charge in [-0.25, -0.2) is 14.5 Å². The molecule has 2 fully saturated rings. The fourth-order valence-electron chi connectivity index (χ4n) is 5.68. The van der Waals surface area contributed by atoms with Gasteiger partial charge in [0, 0.05) is 35.3 Å². The molecule has 1 aliphatic heterocycles. The highest BCUT2D eigenvalue weighted by Crippen LogP contribution is 2.46. The van der Waals surface area contributed by atoms with Crippen molar-refractivity contribution >= 4 is 17.2 Å². The Kier molecular flexibility index (Phi) is 5.84. The fourth-order valence-corrected chi connectivity index (χ4v) is 5.68. The van der Waals surface area contributed by atoms with Crippen molar-refractivity contribution in [2.45, 2.75) is 59.0 Å². The van der Waals surface area contributed by atoms with Crippen molar-refractivity contribution in [1.82, 2.24) is 24.6 Å². The molecule has 0 amide bonds.